The number of carbonyl (C=O) groups excluding carboxylic acids is 2. The highest BCUT2D eigenvalue weighted by Crippen LogP contribution is 2.34. The summed E-state index contributed by atoms with van der Waals surface area (Å²) in [7, 11) is 2.97. The SMILES string of the molecule is COc1ncc(OC)c2c(C(=O)C(=O)N3CCC(=C(c4ccccc4)c4nnco4)CC3)c[nH]c12. The van der Waals surface area contributed by atoms with Crippen LogP contribution >= 0.6 is 0 Å². The maximum atomic E-state index is 13.2. The van der Waals surface area contributed by atoms with Crippen LogP contribution in [-0.4, -0.2) is 64.1 Å². The Balaban J connectivity index is 1.40. The molecule has 5 rings (SSSR count). The number of aromatic amines is 1. The summed E-state index contributed by atoms with van der Waals surface area (Å²) in [5.41, 5.74) is 3.67. The Bertz CT molecular complexity index is 1400. The molecule has 1 amide bonds. The minimum atomic E-state index is -0.615. The first-order valence-electron chi connectivity index (χ1n) is 11.1. The van der Waals surface area contributed by atoms with Gasteiger partial charge >= 0.3 is 0 Å². The third-order valence-corrected chi connectivity index (χ3v) is 6.14. The fourth-order valence-corrected chi connectivity index (χ4v) is 4.44. The van der Waals surface area contributed by atoms with Crippen LogP contribution in [0.15, 0.2) is 59.1 Å². The van der Waals surface area contributed by atoms with Gasteiger partial charge in [0.2, 0.25) is 18.2 Å². The molecule has 0 spiro atoms. The molecule has 1 saturated heterocycles. The van der Waals surface area contributed by atoms with E-state index in [1.165, 1.54) is 33.0 Å². The van der Waals surface area contributed by atoms with Gasteiger partial charge in [-0.1, -0.05) is 35.9 Å². The summed E-state index contributed by atoms with van der Waals surface area (Å²) < 4.78 is 16.2. The molecule has 4 heterocycles. The zero-order valence-corrected chi connectivity index (χ0v) is 19.3. The Morgan fingerprint density at radius 1 is 1.09 bits per heavy atom. The number of aromatic nitrogens is 4. The Hall–Kier alpha value is -4.47. The fraction of sp³-hybridized carbons (Fsp3) is 0.240. The van der Waals surface area contributed by atoms with E-state index in [1.54, 1.807) is 4.90 Å². The van der Waals surface area contributed by atoms with Crippen LogP contribution in [-0.2, 0) is 4.79 Å². The number of hydrogen-bond donors (Lipinski definition) is 1. The number of pyridine rings is 1. The number of methoxy groups -OCH3 is 2. The Morgan fingerprint density at radius 3 is 2.51 bits per heavy atom. The molecule has 0 bridgehead atoms. The van der Waals surface area contributed by atoms with Gasteiger partial charge < -0.3 is 23.8 Å². The number of hydrogen-bond acceptors (Lipinski definition) is 8. The zero-order chi connectivity index (χ0) is 24.4. The summed E-state index contributed by atoms with van der Waals surface area (Å²) in [6, 6.07) is 9.81. The Morgan fingerprint density at radius 2 is 1.86 bits per heavy atom. The van der Waals surface area contributed by atoms with Crippen LogP contribution in [0.3, 0.4) is 0 Å². The lowest BCUT2D eigenvalue weighted by atomic mass is 9.92. The third-order valence-electron chi connectivity index (χ3n) is 6.14. The second kappa shape index (κ2) is 9.41. The van der Waals surface area contributed by atoms with Crippen molar-refractivity contribution in [3.63, 3.8) is 0 Å². The second-order valence-corrected chi connectivity index (χ2v) is 8.00. The smallest absolute Gasteiger partial charge is 0.295 e. The highest BCUT2D eigenvalue weighted by Gasteiger charge is 2.30. The van der Waals surface area contributed by atoms with Crippen molar-refractivity contribution >= 4 is 28.2 Å². The number of amides is 1. The molecule has 1 N–H and O–H groups in total. The molecule has 0 unspecified atom stereocenters. The summed E-state index contributed by atoms with van der Waals surface area (Å²) in [4.78, 5) is 35.2. The van der Waals surface area contributed by atoms with Crippen molar-refractivity contribution in [2.75, 3.05) is 27.3 Å². The molecule has 1 aliphatic rings. The van der Waals surface area contributed by atoms with Gasteiger partial charge in [0, 0.05) is 24.9 Å². The molecule has 0 radical (unpaired) electrons. The zero-order valence-electron chi connectivity index (χ0n) is 19.3. The van der Waals surface area contributed by atoms with Gasteiger partial charge in [0.15, 0.2) is 0 Å². The van der Waals surface area contributed by atoms with E-state index >= 15 is 0 Å². The first-order chi connectivity index (χ1) is 17.1. The lowest BCUT2D eigenvalue weighted by Crippen LogP contribution is -2.40. The number of nitrogens with one attached hydrogen (secondary N) is 1. The van der Waals surface area contributed by atoms with E-state index in [-0.39, 0.29) is 5.56 Å². The fourth-order valence-electron chi connectivity index (χ4n) is 4.44. The number of benzene rings is 1. The maximum Gasteiger partial charge on any atom is 0.295 e. The summed E-state index contributed by atoms with van der Waals surface area (Å²) in [5.74, 6) is -0.0450. The van der Waals surface area contributed by atoms with E-state index < -0.39 is 11.7 Å². The molecule has 1 aliphatic heterocycles. The van der Waals surface area contributed by atoms with Crippen molar-refractivity contribution in [2.45, 2.75) is 12.8 Å². The molecule has 10 nitrogen and oxygen atoms in total. The second-order valence-electron chi connectivity index (χ2n) is 8.00. The van der Waals surface area contributed by atoms with Gasteiger partial charge in [-0.05, 0) is 18.4 Å². The van der Waals surface area contributed by atoms with Crippen LogP contribution < -0.4 is 9.47 Å². The van der Waals surface area contributed by atoms with Crippen LogP contribution in [0.5, 0.6) is 11.6 Å². The van der Waals surface area contributed by atoms with E-state index in [0.29, 0.717) is 54.4 Å². The molecule has 4 aromatic rings. The largest absolute Gasteiger partial charge is 0.494 e. The van der Waals surface area contributed by atoms with Gasteiger partial charge in [0.25, 0.3) is 11.7 Å². The molecule has 0 saturated carbocycles. The number of nitrogens with zero attached hydrogens (tertiary/aromatic N) is 4. The molecule has 1 aromatic carbocycles. The predicted octanol–water partition coefficient (Wildman–Crippen LogP) is 3.27. The van der Waals surface area contributed by atoms with Crippen LogP contribution in [0.25, 0.3) is 16.5 Å². The minimum Gasteiger partial charge on any atom is -0.494 e. The number of fused-ring (bicyclic) bond motifs is 1. The number of rotatable bonds is 6. The van der Waals surface area contributed by atoms with Gasteiger partial charge in [-0.3, -0.25) is 9.59 Å². The minimum absolute atomic E-state index is 0.222. The lowest BCUT2D eigenvalue weighted by molar-refractivity contribution is -0.126. The summed E-state index contributed by atoms with van der Waals surface area (Å²) in [5, 5.41) is 8.40. The van der Waals surface area contributed by atoms with Crippen LogP contribution in [0.1, 0.15) is 34.7 Å². The van der Waals surface area contributed by atoms with Crippen LogP contribution in [0.2, 0.25) is 0 Å². The average molecular weight is 473 g/mol. The number of Topliss-reactive ketones (excluding diaryl/α,β-unsaturated/α-hetero) is 1. The Kier molecular flexibility index (Phi) is 6.01. The quantitative estimate of drug-likeness (QED) is 0.334. The predicted molar refractivity (Wildman–Crippen MR) is 126 cm³/mol. The molecular formula is C25H23N5O5. The van der Waals surface area contributed by atoms with Gasteiger partial charge in [0.05, 0.1) is 31.4 Å². The first kappa shape index (κ1) is 22.3. The molecule has 3 aromatic heterocycles. The number of H-pyrrole nitrogens is 1. The molecule has 35 heavy (non-hydrogen) atoms. The number of ketones is 1. The molecular weight excluding hydrogens is 450 g/mol. The molecule has 10 heteroatoms. The van der Waals surface area contributed by atoms with E-state index in [2.05, 4.69) is 20.2 Å². The molecule has 178 valence electrons. The number of likely N-dealkylation sites (tertiary alicyclic amines) is 1. The standard InChI is InChI=1S/C25H23N5O5/c1-33-18-13-27-24(34-2)21-20(18)17(12-26-21)22(31)25(32)30-10-8-16(9-11-30)19(23-29-28-14-35-23)15-6-4-3-5-7-15/h3-7,12-14,26H,8-11H2,1-2H3. The topological polar surface area (TPSA) is 123 Å². The van der Waals surface area contributed by atoms with Crippen molar-refractivity contribution in [1.82, 2.24) is 25.1 Å². The summed E-state index contributed by atoms with van der Waals surface area (Å²) >= 11 is 0. The number of piperidine rings is 1. The Labute approximate surface area is 200 Å². The van der Waals surface area contributed by atoms with Crippen molar-refractivity contribution in [3.8, 4) is 11.6 Å². The van der Waals surface area contributed by atoms with Gasteiger partial charge in [0.1, 0.15) is 11.3 Å². The lowest BCUT2D eigenvalue weighted by Gasteiger charge is -2.29. The average Bonchev–Trinajstić information content (AvgIpc) is 3.59. The van der Waals surface area contributed by atoms with E-state index in [4.69, 9.17) is 13.9 Å². The summed E-state index contributed by atoms with van der Waals surface area (Å²) in [6.07, 6.45) is 5.43. The van der Waals surface area contributed by atoms with Crippen molar-refractivity contribution in [1.29, 1.82) is 0 Å². The first-order valence-corrected chi connectivity index (χ1v) is 11.1. The monoisotopic (exact) mass is 473 g/mol. The van der Waals surface area contributed by atoms with Gasteiger partial charge in [-0.15, -0.1) is 10.2 Å². The molecule has 0 atom stereocenters. The third kappa shape index (κ3) is 4.03. The van der Waals surface area contributed by atoms with Crippen molar-refractivity contribution in [2.24, 2.45) is 0 Å². The summed E-state index contributed by atoms with van der Waals surface area (Å²) in [6.45, 7) is 0.795. The van der Waals surface area contributed by atoms with Crippen LogP contribution in [0.4, 0.5) is 0 Å². The molecule has 0 aliphatic carbocycles. The van der Waals surface area contributed by atoms with Gasteiger partial charge in [-0.25, -0.2) is 4.98 Å². The van der Waals surface area contributed by atoms with Crippen LogP contribution in [0, 0.1) is 0 Å². The number of ether oxygens (including phenoxy) is 2. The molecule has 1 fully saturated rings. The highest BCUT2D eigenvalue weighted by molar-refractivity contribution is 6.45. The normalized spacial score (nSPS) is 13.7. The number of carbonyl (C=O) groups is 2. The van der Waals surface area contributed by atoms with E-state index in [9.17, 15) is 9.59 Å². The van der Waals surface area contributed by atoms with E-state index in [1.807, 2.05) is 30.3 Å². The van der Waals surface area contributed by atoms with Gasteiger partial charge in [-0.2, -0.15) is 0 Å². The highest BCUT2D eigenvalue weighted by atomic mass is 16.5. The van der Waals surface area contributed by atoms with Crippen molar-refractivity contribution in [3.05, 3.63) is 71.7 Å². The van der Waals surface area contributed by atoms with Crippen molar-refractivity contribution < 1.29 is 23.5 Å². The van der Waals surface area contributed by atoms with E-state index in [0.717, 1.165) is 16.7 Å². The maximum absolute atomic E-state index is 13.2.